The third-order valence-electron chi connectivity index (χ3n) is 4.62. The number of hydrogen-bond donors (Lipinski definition) is 1. The SMILES string of the molecule is CNC(c1ccc2c(c1)CCCC2)c1cccc(Br)c1C. The predicted octanol–water partition coefficient (Wildman–Crippen LogP) is 4.95. The van der Waals surface area contributed by atoms with Crippen LogP contribution in [0, 0.1) is 6.92 Å². The maximum atomic E-state index is 3.65. The normalized spacial score (nSPS) is 15.6. The molecular formula is C19H22BrN. The summed E-state index contributed by atoms with van der Waals surface area (Å²) in [7, 11) is 2.05. The van der Waals surface area contributed by atoms with Crippen LogP contribution in [0.4, 0.5) is 0 Å². The summed E-state index contributed by atoms with van der Waals surface area (Å²) in [6.07, 6.45) is 5.15. The molecule has 1 atom stereocenters. The maximum Gasteiger partial charge on any atom is 0.0577 e. The highest BCUT2D eigenvalue weighted by Gasteiger charge is 2.17. The lowest BCUT2D eigenvalue weighted by Crippen LogP contribution is -2.19. The van der Waals surface area contributed by atoms with Crippen LogP contribution in [0.1, 0.15) is 46.7 Å². The summed E-state index contributed by atoms with van der Waals surface area (Å²) < 4.78 is 1.18. The summed E-state index contributed by atoms with van der Waals surface area (Å²) in [5.41, 5.74) is 7.13. The second kappa shape index (κ2) is 6.33. The largest absolute Gasteiger partial charge is 0.309 e. The lowest BCUT2D eigenvalue weighted by Gasteiger charge is -2.23. The zero-order chi connectivity index (χ0) is 14.8. The van der Waals surface area contributed by atoms with E-state index in [2.05, 4.69) is 64.6 Å². The molecule has 1 N–H and O–H groups in total. The van der Waals surface area contributed by atoms with Crippen molar-refractivity contribution in [3.05, 3.63) is 68.7 Å². The molecule has 2 heteroatoms. The molecule has 2 aromatic rings. The van der Waals surface area contributed by atoms with Crippen molar-refractivity contribution in [1.29, 1.82) is 0 Å². The highest BCUT2D eigenvalue weighted by atomic mass is 79.9. The Bertz CT molecular complexity index is 648. The molecule has 0 bridgehead atoms. The van der Waals surface area contributed by atoms with Gasteiger partial charge >= 0.3 is 0 Å². The Hall–Kier alpha value is -1.12. The standard InChI is InChI=1S/C19H22BrN/c1-13-17(8-5-9-18(13)20)19(21-2)16-11-10-14-6-3-4-7-15(14)12-16/h5,8-12,19,21H,3-4,6-7H2,1-2H3. The maximum absolute atomic E-state index is 3.65. The zero-order valence-electron chi connectivity index (χ0n) is 12.7. The lowest BCUT2D eigenvalue weighted by atomic mass is 9.87. The predicted molar refractivity (Wildman–Crippen MR) is 92.9 cm³/mol. The quantitative estimate of drug-likeness (QED) is 0.831. The molecule has 0 saturated heterocycles. The first kappa shape index (κ1) is 14.8. The fourth-order valence-corrected chi connectivity index (χ4v) is 3.75. The van der Waals surface area contributed by atoms with E-state index >= 15 is 0 Å². The van der Waals surface area contributed by atoms with E-state index in [0.29, 0.717) is 0 Å². The molecule has 21 heavy (non-hydrogen) atoms. The first-order valence-corrected chi connectivity index (χ1v) is 8.54. The van der Waals surface area contributed by atoms with E-state index in [1.165, 1.54) is 46.8 Å². The number of halogens is 1. The minimum Gasteiger partial charge on any atom is -0.309 e. The molecule has 0 aromatic heterocycles. The number of fused-ring (bicyclic) bond motifs is 1. The van der Waals surface area contributed by atoms with Gasteiger partial charge in [0.1, 0.15) is 0 Å². The zero-order valence-corrected chi connectivity index (χ0v) is 14.3. The van der Waals surface area contributed by atoms with Crippen LogP contribution in [-0.4, -0.2) is 7.05 Å². The van der Waals surface area contributed by atoms with Crippen molar-refractivity contribution in [3.63, 3.8) is 0 Å². The van der Waals surface area contributed by atoms with E-state index < -0.39 is 0 Å². The Labute approximate surface area is 135 Å². The van der Waals surface area contributed by atoms with Crippen LogP contribution in [0.25, 0.3) is 0 Å². The monoisotopic (exact) mass is 343 g/mol. The van der Waals surface area contributed by atoms with Gasteiger partial charge in [0.15, 0.2) is 0 Å². The van der Waals surface area contributed by atoms with Crippen molar-refractivity contribution < 1.29 is 0 Å². The van der Waals surface area contributed by atoms with Gasteiger partial charge in [-0.15, -0.1) is 0 Å². The number of rotatable bonds is 3. The minimum atomic E-state index is 0.259. The molecule has 0 heterocycles. The van der Waals surface area contributed by atoms with Gasteiger partial charge in [0.05, 0.1) is 6.04 Å². The Kier molecular flexibility index (Phi) is 4.46. The Morgan fingerprint density at radius 2 is 1.81 bits per heavy atom. The van der Waals surface area contributed by atoms with Crippen LogP contribution in [-0.2, 0) is 12.8 Å². The summed E-state index contributed by atoms with van der Waals surface area (Å²) in [4.78, 5) is 0. The number of hydrogen-bond acceptors (Lipinski definition) is 1. The van der Waals surface area contributed by atoms with Crippen molar-refractivity contribution in [3.8, 4) is 0 Å². The fraction of sp³-hybridized carbons (Fsp3) is 0.368. The highest BCUT2D eigenvalue weighted by molar-refractivity contribution is 9.10. The van der Waals surface area contributed by atoms with Crippen molar-refractivity contribution in [2.75, 3.05) is 7.05 Å². The van der Waals surface area contributed by atoms with Gasteiger partial charge in [-0.1, -0.05) is 46.3 Å². The van der Waals surface area contributed by atoms with Gasteiger partial charge in [0, 0.05) is 4.47 Å². The van der Waals surface area contributed by atoms with Crippen molar-refractivity contribution >= 4 is 15.9 Å². The molecule has 0 aliphatic heterocycles. The van der Waals surface area contributed by atoms with Crippen LogP contribution in [0.3, 0.4) is 0 Å². The van der Waals surface area contributed by atoms with E-state index in [0.717, 1.165) is 0 Å². The highest BCUT2D eigenvalue weighted by Crippen LogP contribution is 2.31. The van der Waals surface area contributed by atoms with Crippen LogP contribution in [0.2, 0.25) is 0 Å². The van der Waals surface area contributed by atoms with Crippen LogP contribution in [0.15, 0.2) is 40.9 Å². The smallest absolute Gasteiger partial charge is 0.0577 e. The summed E-state index contributed by atoms with van der Waals surface area (Å²) in [6, 6.07) is 13.8. The summed E-state index contributed by atoms with van der Waals surface area (Å²) in [5.74, 6) is 0. The van der Waals surface area contributed by atoms with Crippen molar-refractivity contribution in [1.82, 2.24) is 5.32 Å². The number of benzene rings is 2. The van der Waals surface area contributed by atoms with Crippen LogP contribution in [0.5, 0.6) is 0 Å². The van der Waals surface area contributed by atoms with Gasteiger partial charge in [0.2, 0.25) is 0 Å². The van der Waals surface area contributed by atoms with Crippen LogP contribution < -0.4 is 5.32 Å². The molecule has 3 rings (SSSR count). The summed E-state index contributed by atoms with van der Waals surface area (Å²) >= 11 is 3.65. The third kappa shape index (κ3) is 2.93. The second-order valence-electron chi connectivity index (χ2n) is 5.91. The summed E-state index contributed by atoms with van der Waals surface area (Å²) in [5, 5.41) is 3.49. The van der Waals surface area contributed by atoms with Gasteiger partial charge < -0.3 is 5.32 Å². The van der Waals surface area contributed by atoms with Gasteiger partial charge in [-0.2, -0.15) is 0 Å². The van der Waals surface area contributed by atoms with Gasteiger partial charge in [-0.05, 0) is 73.5 Å². The van der Waals surface area contributed by atoms with E-state index in [1.54, 1.807) is 11.1 Å². The fourth-order valence-electron chi connectivity index (χ4n) is 3.37. The molecule has 0 spiro atoms. The van der Waals surface area contributed by atoms with Crippen molar-refractivity contribution in [2.24, 2.45) is 0 Å². The molecule has 0 fully saturated rings. The topological polar surface area (TPSA) is 12.0 Å². The average molecular weight is 344 g/mol. The van der Waals surface area contributed by atoms with Gasteiger partial charge in [-0.3, -0.25) is 0 Å². The Balaban J connectivity index is 2.02. The first-order chi connectivity index (χ1) is 10.2. The Morgan fingerprint density at radius 1 is 1.05 bits per heavy atom. The van der Waals surface area contributed by atoms with E-state index in [4.69, 9.17) is 0 Å². The summed E-state index contributed by atoms with van der Waals surface area (Å²) in [6.45, 7) is 2.18. The second-order valence-corrected chi connectivity index (χ2v) is 6.77. The Morgan fingerprint density at radius 3 is 2.57 bits per heavy atom. The molecule has 110 valence electrons. The molecule has 1 aliphatic rings. The number of nitrogens with one attached hydrogen (secondary N) is 1. The van der Waals surface area contributed by atoms with E-state index in [-0.39, 0.29) is 6.04 Å². The van der Waals surface area contributed by atoms with E-state index in [1.807, 2.05) is 7.05 Å². The molecular weight excluding hydrogens is 322 g/mol. The van der Waals surface area contributed by atoms with Gasteiger partial charge in [0.25, 0.3) is 0 Å². The molecule has 1 nitrogen and oxygen atoms in total. The molecule has 2 aromatic carbocycles. The lowest BCUT2D eigenvalue weighted by molar-refractivity contribution is 0.666. The van der Waals surface area contributed by atoms with Gasteiger partial charge in [-0.25, -0.2) is 0 Å². The molecule has 1 aliphatic carbocycles. The van der Waals surface area contributed by atoms with Crippen LogP contribution >= 0.6 is 15.9 Å². The van der Waals surface area contributed by atoms with E-state index in [9.17, 15) is 0 Å². The molecule has 0 amide bonds. The number of aryl methyl sites for hydroxylation is 2. The third-order valence-corrected chi connectivity index (χ3v) is 5.47. The minimum absolute atomic E-state index is 0.259. The van der Waals surface area contributed by atoms with Crippen molar-refractivity contribution in [2.45, 2.75) is 38.6 Å². The first-order valence-electron chi connectivity index (χ1n) is 7.74. The average Bonchev–Trinajstić information content (AvgIpc) is 2.52. The molecule has 0 radical (unpaired) electrons. The molecule has 0 saturated carbocycles. The molecule has 1 unspecified atom stereocenters.